The van der Waals surface area contributed by atoms with Crippen LogP contribution in [0.25, 0.3) is 0 Å². The number of nitrogens with one attached hydrogen (secondary N) is 10. The van der Waals surface area contributed by atoms with E-state index in [-0.39, 0.29) is 96.4 Å². The molecule has 3 aliphatic carbocycles. The first-order chi connectivity index (χ1) is 43.9. The minimum absolute atomic E-state index is 0.106. The Labute approximate surface area is 560 Å². The third-order valence-electron chi connectivity index (χ3n) is 16.7. The lowest BCUT2D eigenvalue weighted by Gasteiger charge is -2.46. The van der Waals surface area contributed by atoms with E-state index in [4.69, 9.17) is 28.4 Å². The van der Waals surface area contributed by atoms with Crippen LogP contribution in [0.3, 0.4) is 0 Å². The Kier molecular flexibility index (Phi) is 36.4. The van der Waals surface area contributed by atoms with Gasteiger partial charge >= 0.3 is 36.6 Å². The highest BCUT2D eigenvalue weighted by Gasteiger charge is 2.45. The number of hydrogen-bond donors (Lipinski definition) is 12. The van der Waals surface area contributed by atoms with Gasteiger partial charge in [0.15, 0.2) is 0 Å². The monoisotopic (exact) mass is 1330 g/mol. The molecule has 10 unspecified atom stereocenters. The van der Waals surface area contributed by atoms with Crippen LogP contribution in [0.4, 0.5) is 28.8 Å². The van der Waals surface area contributed by atoms with Crippen LogP contribution in [0, 0.1) is 32.5 Å². The fourth-order valence-corrected chi connectivity index (χ4v) is 13.6. The number of aliphatic hydroxyl groups excluding tert-OH is 2. The van der Waals surface area contributed by atoms with Gasteiger partial charge in [-0.2, -0.15) is 0 Å². The Bertz CT molecular complexity index is 2430. The van der Waals surface area contributed by atoms with Crippen molar-refractivity contribution >= 4 is 48.4 Å². The number of hydrogen-bond acceptors (Lipinski definition) is 18. The number of aliphatic hydroxyl groups is 2. The van der Waals surface area contributed by atoms with Crippen LogP contribution in [-0.2, 0) is 38.0 Å². The molecule has 540 valence electrons. The van der Waals surface area contributed by atoms with E-state index in [1.807, 2.05) is 74.5 Å². The topological polar surface area (TPSA) is 353 Å². The summed E-state index contributed by atoms with van der Waals surface area (Å²) in [7, 11) is 0. The van der Waals surface area contributed by atoms with Crippen molar-refractivity contribution in [1.82, 2.24) is 53.2 Å². The second-order valence-corrected chi connectivity index (χ2v) is 29.9. The number of rotatable bonds is 35. The molecule has 0 aliphatic heterocycles. The van der Waals surface area contributed by atoms with Crippen LogP contribution in [-0.4, -0.2) is 173 Å². The van der Waals surface area contributed by atoms with Crippen molar-refractivity contribution in [3.63, 3.8) is 0 Å². The molecule has 0 aromatic heterocycles. The van der Waals surface area contributed by atoms with Gasteiger partial charge in [-0.25, -0.2) is 28.8 Å². The van der Waals surface area contributed by atoms with Crippen molar-refractivity contribution in [3.8, 4) is 0 Å². The van der Waals surface area contributed by atoms with E-state index in [1.54, 1.807) is 12.2 Å². The molecule has 0 aromatic carbocycles. The van der Waals surface area contributed by atoms with Crippen LogP contribution in [0.5, 0.6) is 0 Å². The lowest BCUT2D eigenvalue weighted by atomic mass is 9.62. The average Bonchev–Trinajstić information content (AvgIpc) is 0.831. The zero-order valence-corrected chi connectivity index (χ0v) is 59.5. The summed E-state index contributed by atoms with van der Waals surface area (Å²) in [5.74, 6) is -0.214. The third-order valence-corrected chi connectivity index (χ3v) is 16.7. The zero-order valence-electron chi connectivity index (χ0n) is 59.5. The van der Waals surface area contributed by atoms with E-state index in [0.29, 0.717) is 90.5 Å². The second-order valence-electron chi connectivity index (χ2n) is 29.9. The average molecular weight is 1340 g/mol. The predicted octanol–water partition coefficient (Wildman–Crippen LogP) is 9.00. The number of ether oxygens (including phenoxy) is 6. The van der Waals surface area contributed by atoms with Crippen LogP contribution < -0.4 is 53.2 Å². The van der Waals surface area contributed by atoms with E-state index in [0.717, 1.165) is 12.8 Å². The van der Waals surface area contributed by atoms with Crippen LogP contribution in [0.1, 0.15) is 200 Å². The minimum atomic E-state index is -1.31. The van der Waals surface area contributed by atoms with E-state index in [1.165, 1.54) is 0 Å². The predicted molar refractivity (Wildman–Crippen MR) is 361 cm³/mol. The molecule has 10 atom stereocenters. The largest absolute Gasteiger partial charge is 0.447 e. The molecular formula is C68H122N10O16. The summed E-state index contributed by atoms with van der Waals surface area (Å²) in [5, 5.41) is 50.4. The SMILES string of the molecule is C=C.CCC(C/C=C/CC(=O)NCNC(C)C)OC(=O)NCC1(C)CC(NC(=O)OCC(O)COC(=O)NCC2(C)CC(NC(=O)OCC(O)COC(=O)NCC3(C)CC(NC(=O)OC(CC)C/C=C/CC(=O)NCNC(C)C)CC(C)(C)C3)CC(C)(C)C2)CC(C)(C)C1. The standard InChI is InChI=1S/C66H118N10O16.C2H4/c1-16-51(22-18-20-24-53(79)72-42-70-44(3)4)91-57(83)69-41-66(15)30-47(27-62(9,10)38-66)75-59(85)90-35-49(77)32-87-55(81)67-39-64(13)29-46(26-61(7,8)36-64)74-58(84)89-34-50(78)33-88-56(82)68-40-65(14)31-48(28-63(11,12)37-65)76-60(86)92-52(17-2)23-19-21-25-54(80)73-43-71-45(5)6;1-2/h18-21,44-52,70-71,77-78H,16-17,22-43H2,1-15H3,(H,67,81)(H,68,82)(H,69,83)(H,72,79)(H,73,80)(H,74,84)(H,75,85)(H,76,86);1-2H2/b20-18+,21-19+;. The summed E-state index contributed by atoms with van der Waals surface area (Å²) in [6.07, 6.45) is 8.06. The van der Waals surface area contributed by atoms with E-state index in [2.05, 4.69) is 108 Å². The smallest absolute Gasteiger partial charge is 0.407 e. The van der Waals surface area contributed by atoms with Gasteiger partial charge in [0.25, 0.3) is 0 Å². The van der Waals surface area contributed by atoms with Crippen molar-refractivity contribution in [2.45, 2.75) is 255 Å². The molecule has 0 spiro atoms. The van der Waals surface area contributed by atoms with Gasteiger partial charge in [-0.1, -0.05) is 100 Å². The number of carbonyl (C=O) groups is 8. The second kappa shape index (κ2) is 40.9. The quantitative estimate of drug-likeness (QED) is 0.0160. The van der Waals surface area contributed by atoms with Gasteiger partial charge < -0.3 is 81.2 Å². The Balaban J connectivity index is 0.0000149. The summed E-state index contributed by atoms with van der Waals surface area (Å²) in [6.45, 7) is 36.2. The molecule has 0 bridgehead atoms. The maximum atomic E-state index is 13.1. The maximum absolute atomic E-state index is 13.1. The number of carbonyl (C=O) groups excluding carboxylic acids is 8. The molecule has 26 heteroatoms. The summed E-state index contributed by atoms with van der Waals surface area (Å²) in [6, 6.07) is -0.350. The first-order valence-corrected chi connectivity index (χ1v) is 33.7. The lowest BCUT2D eigenvalue weighted by molar-refractivity contribution is -0.121. The third kappa shape index (κ3) is 36.5. The van der Waals surface area contributed by atoms with Gasteiger partial charge in [-0.3, -0.25) is 20.2 Å². The van der Waals surface area contributed by atoms with Crippen LogP contribution >= 0.6 is 0 Å². The van der Waals surface area contributed by atoms with E-state index < -0.39 is 91.4 Å². The molecule has 3 rings (SSSR count). The van der Waals surface area contributed by atoms with Crippen molar-refractivity contribution in [2.75, 3.05) is 59.4 Å². The Morgan fingerprint density at radius 2 is 0.734 bits per heavy atom. The van der Waals surface area contributed by atoms with Gasteiger partial charge in [0.05, 0.1) is 13.3 Å². The molecule has 12 N–H and O–H groups in total. The minimum Gasteiger partial charge on any atom is -0.447 e. The molecule has 0 aromatic rings. The fraction of sp³-hybridized carbons (Fsp3) is 0.794. The Morgan fingerprint density at radius 3 is 1.05 bits per heavy atom. The van der Waals surface area contributed by atoms with Crippen LogP contribution in [0.2, 0.25) is 0 Å². The summed E-state index contributed by atoms with van der Waals surface area (Å²) in [5.41, 5.74) is -1.93. The Morgan fingerprint density at radius 1 is 0.436 bits per heavy atom. The molecule has 94 heavy (non-hydrogen) atoms. The van der Waals surface area contributed by atoms with Gasteiger partial charge in [-0.15, -0.1) is 13.2 Å². The molecule has 0 radical (unpaired) electrons. The van der Waals surface area contributed by atoms with Crippen molar-refractivity contribution in [3.05, 3.63) is 37.5 Å². The normalized spacial score (nSPS) is 24.1. The fourth-order valence-electron chi connectivity index (χ4n) is 13.6. The number of amides is 8. The van der Waals surface area contributed by atoms with Crippen LogP contribution in [0.15, 0.2) is 37.5 Å². The summed E-state index contributed by atoms with van der Waals surface area (Å²) in [4.78, 5) is 102. The maximum Gasteiger partial charge on any atom is 0.407 e. The molecular weight excluding hydrogens is 1210 g/mol. The summed E-state index contributed by atoms with van der Waals surface area (Å²) < 4.78 is 32.7. The van der Waals surface area contributed by atoms with Gasteiger partial charge in [0.2, 0.25) is 11.8 Å². The van der Waals surface area contributed by atoms with Crippen molar-refractivity contribution < 1.29 is 77.0 Å². The highest BCUT2D eigenvalue weighted by molar-refractivity contribution is 5.78. The lowest BCUT2D eigenvalue weighted by Crippen LogP contribution is -2.51. The number of alkyl carbamates (subject to hydrolysis) is 6. The molecule has 26 nitrogen and oxygen atoms in total. The van der Waals surface area contributed by atoms with E-state index in [9.17, 15) is 48.6 Å². The highest BCUT2D eigenvalue weighted by atomic mass is 16.6. The molecule has 0 saturated heterocycles. The highest BCUT2D eigenvalue weighted by Crippen LogP contribution is 2.48. The Hall–Kier alpha value is -6.38. The molecule has 3 aliphatic rings. The molecule has 3 fully saturated rings. The van der Waals surface area contributed by atoms with Crippen molar-refractivity contribution in [1.29, 1.82) is 0 Å². The molecule has 3 saturated carbocycles. The van der Waals surface area contributed by atoms with Gasteiger partial charge in [-0.05, 0) is 131 Å². The zero-order chi connectivity index (χ0) is 70.9. The van der Waals surface area contributed by atoms with Gasteiger partial charge in [0, 0.05) is 75.5 Å². The molecule has 8 amide bonds. The molecule has 0 heterocycles. The van der Waals surface area contributed by atoms with Crippen molar-refractivity contribution in [2.24, 2.45) is 32.5 Å². The van der Waals surface area contributed by atoms with E-state index >= 15 is 0 Å². The summed E-state index contributed by atoms with van der Waals surface area (Å²) >= 11 is 0. The first kappa shape index (κ1) is 83.7. The van der Waals surface area contributed by atoms with Gasteiger partial charge in [0.1, 0.15) is 50.8 Å². The first-order valence-electron chi connectivity index (χ1n) is 33.7.